The summed E-state index contributed by atoms with van der Waals surface area (Å²) in [6, 6.07) is 12.4. The number of aromatic nitrogens is 2. The van der Waals surface area contributed by atoms with Gasteiger partial charge in [-0.25, -0.2) is 18.9 Å². The molecule has 0 saturated carbocycles. The number of hydrogen-bond acceptors (Lipinski definition) is 8. The van der Waals surface area contributed by atoms with Crippen LogP contribution in [0, 0.1) is 15.9 Å². The predicted molar refractivity (Wildman–Crippen MR) is 116 cm³/mol. The normalized spacial score (nSPS) is 11.7. The third-order valence-electron chi connectivity index (χ3n) is 4.21. The number of furan rings is 1. The summed E-state index contributed by atoms with van der Waals surface area (Å²) in [6.07, 6.45) is 2.89. The quantitative estimate of drug-likeness (QED) is 0.196. The van der Waals surface area contributed by atoms with Crippen molar-refractivity contribution >= 4 is 48.3 Å². The van der Waals surface area contributed by atoms with E-state index in [9.17, 15) is 19.1 Å². The number of anilines is 2. The van der Waals surface area contributed by atoms with Crippen molar-refractivity contribution in [3.8, 4) is 5.75 Å². The average molecular weight is 472 g/mol. The molecule has 0 spiro atoms. The van der Waals surface area contributed by atoms with Gasteiger partial charge in [-0.05, 0) is 54.6 Å². The maximum Gasteiger partial charge on any atom is 0.524 e. The first-order valence-electron chi connectivity index (χ1n) is 9.18. The van der Waals surface area contributed by atoms with Crippen LogP contribution in [0.3, 0.4) is 0 Å². The number of benzene rings is 2. The van der Waals surface area contributed by atoms with Crippen molar-refractivity contribution in [3.63, 3.8) is 0 Å². The van der Waals surface area contributed by atoms with Gasteiger partial charge in [-0.15, -0.1) is 0 Å². The fourth-order valence-corrected chi connectivity index (χ4v) is 3.25. The number of fused-ring (bicyclic) bond motifs is 1. The lowest BCUT2D eigenvalue weighted by atomic mass is 10.2. The Morgan fingerprint density at radius 3 is 2.52 bits per heavy atom. The van der Waals surface area contributed by atoms with Gasteiger partial charge in [0.1, 0.15) is 28.1 Å². The summed E-state index contributed by atoms with van der Waals surface area (Å²) in [7, 11) is -4.68. The molecule has 4 rings (SSSR count). The van der Waals surface area contributed by atoms with Crippen LogP contribution in [0.25, 0.3) is 23.1 Å². The molecule has 0 unspecified atom stereocenters. The highest BCUT2D eigenvalue weighted by Gasteiger charge is 2.16. The Labute approximate surface area is 184 Å². The second-order valence-corrected chi connectivity index (χ2v) is 7.75. The van der Waals surface area contributed by atoms with Crippen LogP contribution in [0.2, 0.25) is 0 Å². The first-order valence-corrected chi connectivity index (χ1v) is 10.7. The van der Waals surface area contributed by atoms with Crippen LogP contribution in [0.15, 0.2) is 59.0 Å². The molecule has 2 aromatic carbocycles. The zero-order valence-corrected chi connectivity index (χ0v) is 17.3. The number of halogens is 1. The van der Waals surface area contributed by atoms with Crippen LogP contribution in [0.1, 0.15) is 11.6 Å². The molecule has 3 N–H and O–H groups in total. The predicted octanol–water partition coefficient (Wildman–Crippen LogP) is 4.66. The van der Waals surface area contributed by atoms with E-state index < -0.39 is 24.4 Å². The topological polar surface area (TPSA) is 161 Å². The van der Waals surface area contributed by atoms with E-state index in [1.165, 1.54) is 66.7 Å². The van der Waals surface area contributed by atoms with Gasteiger partial charge in [-0.1, -0.05) is 0 Å². The number of nitrogens with one attached hydrogen (secondary N) is 1. The lowest BCUT2D eigenvalue weighted by Gasteiger charge is -2.11. The van der Waals surface area contributed by atoms with E-state index in [-0.39, 0.29) is 17.3 Å². The number of nitro groups is 1. The molecule has 0 saturated heterocycles. The molecular formula is C20H14FN4O7P. The second-order valence-electron chi connectivity index (χ2n) is 6.59. The maximum absolute atomic E-state index is 13.8. The van der Waals surface area contributed by atoms with Gasteiger partial charge in [-0.2, -0.15) is 0 Å². The third-order valence-corrected chi connectivity index (χ3v) is 4.66. The minimum absolute atomic E-state index is 0.0281. The monoisotopic (exact) mass is 472 g/mol. The highest BCUT2D eigenvalue weighted by atomic mass is 31.2. The molecule has 0 aliphatic heterocycles. The standard InChI is InChI=1S/C20H14FN4O7P/c21-12-1-8-16-17(11-12)23-18(9-6-14-7-10-19(31-14)25(26)27)24-20(16)22-13-2-4-15(5-3-13)32-33(28,29)30/h1-11H,(H,22,23,24)(H2,28,29,30). The molecule has 4 aromatic rings. The van der Waals surface area contributed by atoms with E-state index >= 15 is 0 Å². The first kappa shape index (κ1) is 22.1. The minimum Gasteiger partial charge on any atom is -0.404 e. The Bertz CT molecular complexity index is 1420. The average Bonchev–Trinajstić information content (AvgIpc) is 3.22. The van der Waals surface area contributed by atoms with E-state index in [2.05, 4.69) is 19.8 Å². The van der Waals surface area contributed by atoms with Gasteiger partial charge < -0.3 is 14.3 Å². The van der Waals surface area contributed by atoms with Crippen LogP contribution in [-0.2, 0) is 4.57 Å². The van der Waals surface area contributed by atoms with Crippen LogP contribution in [-0.4, -0.2) is 24.7 Å². The summed E-state index contributed by atoms with van der Waals surface area (Å²) in [6.45, 7) is 0. The summed E-state index contributed by atoms with van der Waals surface area (Å²) >= 11 is 0. The molecule has 2 aromatic heterocycles. The lowest BCUT2D eigenvalue weighted by Crippen LogP contribution is -1.99. The molecule has 0 atom stereocenters. The van der Waals surface area contributed by atoms with Crippen molar-refractivity contribution in [2.75, 3.05) is 5.32 Å². The van der Waals surface area contributed by atoms with Crippen LogP contribution in [0.5, 0.6) is 5.75 Å². The molecule has 0 aliphatic rings. The number of phosphoric acid groups is 1. The van der Waals surface area contributed by atoms with E-state index in [1.807, 2.05) is 0 Å². The Balaban J connectivity index is 1.66. The molecule has 0 aliphatic carbocycles. The highest BCUT2D eigenvalue weighted by Crippen LogP contribution is 2.38. The Kier molecular flexibility index (Phi) is 5.88. The van der Waals surface area contributed by atoms with Gasteiger partial charge in [-0.3, -0.25) is 19.9 Å². The summed E-state index contributed by atoms with van der Waals surface area (Å²) in [5, 5.41) is 14.3. The maximum atomic E-state index is 13.8. The van der Waals surface area contributed by atoms with Crippen LogP contribution >= 0.6 is 7.82 Å². The van der Waals surface area contributed by atoms with Crippen molar-refractivity contribution in [2.45, 2.75) is 0 Å². The van der Waals surface area contributed by atoms with E-state index in [4.69, 9.17) is 14.2 Å². The molecule has 2 heterocycles. The fourth-order valence-electron chi connectivity index (χ4n) is 2.85. The second kappa shape index (κ2) is 8.79. The molecule has 0 bridgehead atoms. The van der Waals surface area contributed by atoms with Crippen molar-refractivity contribution in [1.82, 2.24) is 9.97 Å². The van der Waals surface area contributed by atoms with Crippen molar-refractivity contribution in [3.05, 3.63) is 82.1 Å². The van der Waals surface area contributed by atoms with Gasteiger partial charge in [0.15, 0.2) is 5.82 Å². The van der Waals surface area contributed by atoms with Crippen LogP contribution in [0.4, 0.5) is 21.8 Å². The van der Waals surface area contributed by atoms with Gasteiger partial charge >= 0.3 is 13.7 Å². The molecule has 0 radical (unpaired) electrons. The SMILES string of the molecule is O=[N+]([O-])c1ccc(C=Cc2nc(Nc3ccc(OP(=O)(O)O)cc3)c3ccc(F)cc3n2)o1. The zero-order valence-electron chi connectivity index (χ0n) is 16.5. The number of rotatable bonds is 7. The molecule has 33 heavy (non-hydrogen) atoms. The fraction of sp³-hybridized carbons (Fsp3) is 0. The molecule has 13 heteroatoms. The van der Waals surface area contributed by atoms with Crippen molar-refractivity contribution in [2.24, 2.45) is 0 Å². The molecule has 11 nitrogen and oxygen atoms in total. The van der Waals surface area contributed by atoms with E-state index in [1.54, 1.807) is 0 Å². The largest absolute Gasteiger partial charge is 0.524 e. The third kappa shape index (κ3) is 5.57. The number of hydrogen-bond donors (Lipinski definition) is 3. The smallest absolute Gasteiger partial charge is 0.404 e. The summed E-state index contributed by atoms with van der Waals surface area (Å²) in [5.74, 6) is -0.225. The number of nitrogens with zero attached hydrogens (tertiary/aromatic N) is 3. The summed E-state index contributed by atoms with van der Waals surface area (Å²) in [5.41, 5.74) is 0.813. The van der Waals surface area contributed by atoms with Gasteiger partial charge in [0.25, 0.3) is 0 Å². The minimum atomic E-state index is -4.68. The van der Waals surface area contributed by atoms with Crippen LogP contribution < -0.4 is 9.84 Å². The molecule has 0 fully saturated rings. The Hall–Kier alpha value is -4.12. The molecule has 168 valence electrons. The Morgan fingerprint density at radius 2 is 1.85 bits per heavy atom. The Morgan fingerprint density at radius 1 is 1.09 bits per heavy atom. The summed E-state index contributed by atoms with van der Waals surface area (Å²) in [4.78, 5) is 36.6. The van der Waals surface area contributed by atoms with Crippen molar-refractivity contribution in [1.29, 1.82) is 0 Å². The number of phosphoric ester groups is 1. The van der Waals surface area contributed by atoms with Gasteiger partial charge in [0, 0.05) is 17.1 Å². The molecule has 0 amide bonds. The highest BCUT2D eigenvalue weighted by molar-refractivity contribution is 7.46. The molecular weight excluding hydrogens is 458 g/mol. The van der Waals surface area contributed by atoms with E-state index in [0.717, 1.165) is 0 Å². The van der Waals surface area contributed by atoms with Gasteiger partial charge in [0.05, 0.1) is 11.6 Å². The summed E-state index contributed by atoms with van der Waals surface area (Å²) < 4.78 is 34.3. The lowest BCUT2D eigenvalue weighted by molar-refractivity contribution is -0.402. The zero-order chi connectivity index (χ0) is 23.6. The first-order chi connectivity index (χ1) is 15.7. The van der Waals surface area contributed by atoms with Gasteiger partial charge in [0.2, 0.25) is 0 Å². The van der Waals surface area contributed by atoms with E-state index in [0.29, 0.717) is 22.4 Å². The van der Waals surface area contributed by atoms with Crippen molar-refractivity contribution < 1.29 is 32.6 Å².